The summed E-state index contributed by atoms with van der Waals surface area (Å²) in [5.74, 6) is 0.497. The molecule has 3 heterocycles. The van der Waals surface area contributed by atoms with Crippen LogP contribution in [0.15, 0.2) is 104 Å². The van der Waals surface area contributed by atoms with Gasteiger partial charge in [-0.1, -0.05) is 54.6 Å². The molecule has 0 aliphatic carbocycles. The molecule has 0 unspecified atom stereocenters. The average molecular weight is 470 g/mol. The van der Waals surface area contributed by atoms with E-state index in [2.05, 4.69) is 27.1 Å². The van der Waals surface area contributed by atoms with Gasteiger partial charge in [0.15, 0.2) is 17.5 Å². The van der Waals surface area contributed by atoms with Gasteiger partial charge in [-0.05, 0) is 41.5 Å². The summed E-state index contributed by atoms with van der Waals surface area (Å²) in [6, 6.07) is 27.0. The van der Waals surface area contributed by atoms with Gasteiger partial charge in [0.1, 0.15) is 0 Å². The summed E-state index contributed by atoms with van der Waals surface area (Å²) in [4.78, 5) is 29.2. The van der Waals surface area contributed by atoms with Crippen molar-refractivity contribution in [2.75, 3.05) is 0 Å². The van der Waals surface area contributed by atoms with Gasteiger partial charge in [-0.25, -0.2) is 14.8 Å². The average Bonchev–Trinajstić information content (AvgIpc) is 3.39. The lowest BCUT2D eigenvalue weighted by atomic mass is 10.0. The van der Waals surface area contributed by atoms with Crippen molar-refractivity contribution in [1.29, 1.82) is 0 Å². The fraction of sp³-hybridized carbons (Fsp3) is 0. The number of carboxylic acid groups (broad SMARTS) is 1. The van der Waals surface area contributed by atoms with E-state index >= 15 is 0 Å². The summed E-state index contributed by atoms with van der Waals surface area (Å²) >= 11 is 0. The molecular formula is C28H18N6O2. The van der Waals surface area contributed by atoms with E-state index in [1.54, 1.807) is 23.1 Å². The first-order valence-corrected chi connectivity index (χ1v) is 11.2. The number of hydrogen-bond donors (Lipinski definition) is 1. The van der Waals surface area contributed by atoms with E-state index in [9.17, 15) is 9.90 Å². The summed E-state index contributed by atoms with van der Waals surface area (Å²) in [5, 5.41) is 14.0. The first-order valence-electron chi connectivity index (χ1n) is 11.2. The second-order valence-electron chi connectivity index (χ2n) is 8.08. The van der Waals surface area contributed by atoms with E-state index in [4.69, 9.17) is 10.1 Å². The van der Waals surface area contributed by atoms with E-state index < -0.39 is 5.97 Å². The molecule has 1 N–H and O–H groups in total. The van der Waals surface area contributed by atoms with Gasteiger partial charge < -0.3 is 5.11 Å². The third-order valence-electron chi connectivity index (χ3n) is 5.80. The number of fused-ring (bicyclic) bond motifs is 1. The highest BCUT2D eigenvalue weighted by atomic mass is 16.4. The number of nitrogens with zero attached hydrogens (tertiary/aromatic N) is 6. The molecule has 172 valence electrons. The molecule has 3 aromatic carbocycles. The maximum absolute atomic E-state index is 11.3. The SMILES string of the molecule is O=C(O)c1ccc(-n2nc(-c3ccc4nccnc4c3)nc2-c2ccc(-c3ccccc3)cc2)nc1. The van der Waals surface area contributed by atoms with Gasteiger partial charge >= 0.3 is 5.97 Å². The van der Waals surface area contributed by atoms with Gasteiger partial charge in [-0.3, -0.25) is 9.97 Å². The number of benzene rings is 3. The van der Waals surface area contributed by atoms with Crippen LogP contribution in [0.1, 0.15) is 10.4 Å². The molecule has 0 fully saturated rings. The Morgan fingerprint density at radius 2 is 1.39 bits per heavy atom. The molecule has 0 aliphatic heterocycles. The summed E-state index contributed by atoms with van der Waals surface area (Å²) in [7, 11) is 0. The number of hydrogen-bond acceptors (Lipinski definition) is 6. The van der Waals surface area contributed by atoms with Crippen LogP contribution in [0, 0.1) is 0 Å². The lowest BCUT2D eigenvalue weighted by Gasteiger charge is -2.07. The predicted octanol–water partition coefficient (Wildman–Crippen LogP) is 5.30. The third kappa shape index (κ3) is 3.97. The number of aromatic carboxylic acids is 1. The van der Waals surface area contributed by atoms with Gasteiger partial charge in [0.2, 0.25) is 0 Å². The fourth-order valence-electron chi connectivity index (χ4n) is 3.96. The molecule has 0 saturated heterocycles. The van der Waals surface area contributed by atoms with Crippen molar-refractivity contribution >= 4 is 17.0 Å². The summed E-state index contributed by atoms with van der Waals surface area (Å²) in [6.45, 7) is 0. The molecule has 0 spiro atoms. The molecular weight excluding hydrogens is 452 g/mol. The number of aromatic nitrogens is 6. The lowest BCUT2D eigenvalue weighted by Crippen LogP contribution is -2.04. The second-order valence-corrected chi connectivity index (χ2v) is 8.08. The van der Waals surface area contributed by atoms with Crippen LogP contribution in [0.4, 0.5) is 0 Å². The number of carbonyl (C=O) groups is 1. The maximum Gasteiger partial charge on any atom is 0.337 e. The molecule has 0 aliphatic rings. The fourth-order valence-corrected chi connectivity index (χ4v) is 3.96. The van der Waals surface area contributed by atoms with E-state index in [-0.39, 0.29) is 5.56 Å². The molecule has 0 radical (unpaired) electrons. The second kappa shape index (κ2) is 8.84. The first-order chi connectivity index (χ1) is 17.7. The van der Waals surface area contributed by atoms with Crippen molar-refractivity contribution in [1.82, 2.24) is 29.7 Å². The van der Waals surface area contributed by atoms with Crippen LogP contribution in [0.2, 0.25) is 0 Å². The van der Waals surface area contributed by atoms with Crippen molar-refractivity contribution < 1.29 is 9.90 Å². The van der Waals surface area contributed by atoms with Crippen LogP contribution < -0.4 is 0 Å². The van der Waals surface area contributed by atoms with Crippen molar-refractivity contribution in [2.24, 2.45) is 0 Å². The Bertz CT molecular complexity index is 1690. The van der Waals surface area contributed by atoms with Crippen LogP contribution in [-0.2, 0) is 0 Å². The monoisotopic (exact) mass is 470 g/mol. The Balaban J connectivity index is 1.47. The molecule has 6 aromatic rings. The smallest absolute Gasteiger partial charge is 0.337 e. The predicted molar refractivity (Wildman–Crippen MR) is 136 cm³/mol. The molecule has 0 saturated carbocycles. The Morgan fingerprint density at radius 1 is 0.694 bits per heavy atom. The van der Waals surface area contributed by atoms with E-state index in [0.717, 1.165) is 33.3 Å². The number of rotatable bonds is 5. The van der Waals surface area contributed by atoms with Crippen LogP contribution in [0.25, 0.3) is 50.8 Å². The van der Waals surface area contributed by atoms with Gasteiger partial charge in [-0.2, -0.15) is 4.68 Å². The highest BCUT2D eigenvalue weighted by molar-refractivity contribution is 5.87. The minimum absolute atomic E-state index is 0.0981. The molecule has 0 bridgehead atoms. The maximum atomic E-state index is 11.3. The molecule has 6 rings (SSSR count). The van der Waals surface area contributed by atoms with Crippen LogP contribution >= 0.6 is 0 Å². The van der Waals surface area contributed by atoms with Crippen molar-refractivity contribution in [3.8, 4) is 39.7 Å². The zero-order valence-electron chi connectivity index (χ0n) is 18.9. The Hall–Kier alpha value is -5.24. The Labute approximate surface area is 205 Å². The molecule has 8 nitrogen and oxygen atoms in total. The van der Waals surface area contributed by atoms with Gasteiger partial charge in [-0.15, -0.1) is 5.10 Å². The quantitative estimate of drug-likeness (QED) is 0.364. The molecule has 0 amide bonds. The van der Waals surface area contributed by atoms with Crippen molar-refractivity contribution in [3.05, 3.63) is 109 Å². The van der Waals surface area contributed by atoms with E-state index in [0.29, 0.717) is 17.5 Å². The largest absolute Gasteiger partial charge is 0.478 e. The third-order valence-corrected chi connectivity index (χ3v) is 5.80. The van der Waals surface area contributed by atoms with Crippen LogP contribution in [-0.4, -0.2) is 40.8 Å². The highest BCUT2D eigenvalue weighted by Crippen LogP contribution is 2.28. The summed E-state index contributed by atoms with van der Waals surface area (Å²) in [6.07, 6.45) is 4.61. The van der Waals surface area contributed by atoms with E-state index in [1.165, 1.54) is 12.3 Å². The molecule has 0 atom stereocenters. The van der Waals surface area contributed by atoms with Crippen molar-refractivity contribution in [3.63, 3.8) is 0 Å². The zero-order valence-corrected chi connectivity index (χ0v) is 18.9. The Kier molecular flexibility index (Phi) is 5.23. The summed E-state index contributed by atoms with van der Waals surface area (Å²) in [5.41, 5.74) is 5.45. The Morgan fingerprint density at radius 3 is 2.11 bits per heavy atom. The zero-order chi connectivity index (χ0) is 24.5. The van der Waals surface area contributed by atoms with Crippen LogP contribution in [0.5, 0.6) is 0 Å². The first kappa shape index (κ1) is 21.3. The standard InChI is InChI=1S/C28H18N6O2/c35-28(36)22-11-13-25(31-17-22)34-27(20-8-6-19(7-9-20)18-4-2-1-3-5-18)32-26(33-34)21-10-12-23-24(16-21)30-15-14-29-23/h1-17H,(H,35,36). The van der Waals surface area contributed by atoms with Gasteiger partial charge in [0.05, 0.1) is 16.6 Å². The van der Waals surface area contributed by atoms with Crippen LogP contribution in [0.3, 0.4) is 0 Å². The highest BCUT2D eigenvalue weighted by Gasteiger charge is 2.17. The minimum atomic E-state index is -1.04. The number of pyridine rings is 1. The summed E-state index contributed by atoms with van der Waals surface area (Å²) < 4.78 is 1.62. The molecule has 36 heavy (non-hydrogen) atoms. The number of carboxylic acids is 1. The normalized spacial score (nSPS) is 11.0. The molecule has 3 aromatic heterocycles. The molecule has 8 heteroatoms. The van der Waals surface area contributed by atoms with Gasteiger partial charge in [0.25, 0.3) is 0 Å². The topological polar surface area (TPSA) is 107 Å². The minimum Gasteiger partial charge on any atom is -0.478 e. The van der Waals surface area contributed by atoms with E-state index in [1.807, 2.05) is 60.7 Å². The van der Waals surface area contributed by atoms with Crippen molar-refractivity contribution in [2.45, 2.75) is 0 Å². The van der Waals surface area contributed by atoms with Gasteiger partial charge in [0, 0.05) is 29.7 Å². The lowest BCUT2D eigenvalue weighted by molar-refractivity contribution is 0.0696.